The topological polar surface area (TPSA) is 101 Å². The van der Waals surface area contributed by atoms with Gasteiger partial charge in [-0.3, -0.25) is 4.90 Å². The number of aryl methyl sites for hydroxylation is 1. The molecule has 0 bridgehead atoms. The molecular formula is C36H38Cl2FN5O4S. The number of thioether (sulfide) groups is 1. The Bertz CT molecular complexity index is 2010. The van der Waals surface area contributed by atoms with Crippen LogP contribution in [0.5, 0.6) is 0 Å². The molecule has 4 heterocycles. The van der Waals surface area contributed by atoms with Gasteiger partial charge in [-0.05, 0) is 76.5 Å². The highest BCUT2D eigenvalue weighted by Gasteiger charge is 2.38. The van der Waals surface area contributed by atoms with Crippen LogP contribution in [-0.4, -0.2) is 70.1 Å². The summed E-state index contributed by atoms with van der Waals surface area (Å²) in [7, 11) is 1.38. The van der Waals surface area contributed by atoms with Crippen LogP contribution >= 0.6 is 35.0 Å². The second kappa shape index (κ2) is 13.9. The molecule has 9 nitrogen and oxygen atoms in total. The normalized spacial score (nSPS) is 18.0. The zero-order valence-corrected chi connectivity index (χ0v) is 30.4. The van der Waals surface area contributed by atoms with Gasteiger partial charge >= 0.3 is 12.2 Å². The molecule has 0 aliphatic carbocycles. The number of carbonyl (C=O) groups excluding carboxylic acids is 2. The Kier molecular flexibility index (Phi) is 9.95. The van der Waals surface area contributed by atoms with Gasteiger partial charge in [0.2, 0.25) is 0 Å². The van der Waals surface area contributed by atoms with Gasteiger partial charge in [-0.1, -0.05) is 35.3 Å². The van der Waals surface area contributed by atoms with Crippen LogP contribution < -0.4 is 0 Å². The number of likely N-dealkylation sites (tertiary alicyclic amines) is 2. The minimum atomic E-state index is -0.651. The molecule has 2 aromatic heterocycles. The second-order valence-electron chi connectivity index (χ2n) is 13.4. The van der Waals surface area contributed by atoms with E-state index in [-0.39, 0.29) is 41.0 Å². The molecule has 0 saturated carbocycles. The number of hydrogen-bond donors (Lipinski definition) is 0. The number of halogens is 3. The summed E-state index contributed by atoms with van der Waals surface area (Å²) in [5.74, 6) is -0.556. The second-order valence-corrected chi connectivity index (χ2v) is 15.0. The third-order valence-electron chi connectivity index (χ3n) is 9.19. The number of nitrogens with zero attached hydrogens (tertiary/aromatic N) is 5. The van der Waals surface area contributed by atoms with Crippen LogP contribution in [0.4, 0.5) is 14.0 Å². The SMILES string of the molecule is COC(=O)N1CCCC1c1cc2c(SC)nc3c(F)c(-c4cccc(Cl)c4Cl)c(CCC#N)cc3c2n1C1CCN(C(=O)OC(C)(C)C)C1. The molecule has 258 valence electrons. The van der Waals surface area contributed by atoms with Gasteiger partial charge in [0.15, 0.2) is 5.82 Å². The minimum absolute atomic E-state index is 0.158. The van der Waals surface area contributed by atoms with Crippen molar-refractivity contribution in [2.75, 3.05) is 33.0 Å². The number of methoxy groups -OCH3 is 1. The molecule has 49 heavy (non-hydrogen) atoms. The number of pyridine rings is 1. The van der Waals surface area contributed by atoms with Crippen molar-refractivity contribution in [1.82, 2.24) is 19.4 Å². The van der Waals surface area contributed by atoms with E-state index in [0.717, 1.165) is 23.0 Å². The number of aromatic nitrogens is 2. The third-order valence-corrected chi connectivity index (χ3v) is 10.7. The fraction of sp³-hybridized carbons (Fsp3) is 0.444. The highest BCUT2D eigenvalue weighted by Crippen LogP contribution is 2.46. The van der Waals surface area contributed by atoms with Gasteiger partial charge in [0.25, 0.3) is 0 Å². The first-order valence-corrected chi connectivity index (χ1v) is 18.2. The summed E-state index contributed by atoms with van der Waals surface area (Å²) in [6.07, 6.45) is 3.65. The van der Waals surface area contributed by atoms with Crippen molar-refractivity contribution in [3.05, 3.63) is 57.5 Å². The molecule has 2 fully saturated rings. The molecule has 2 aromatic carbocycles. The molecule has 0 N–H and O–H groups in total. The molecule has 2 aliphatic heterocycles. The lowest BCUT2D eigenvalue weighted by Crippen LogP contribution is -2.36. The first kappa shape index (κ1) is 35.1. The highest BCUT2D eigenvalue weighted by atomic mass is 35.5. The van der Waals surface area contributed by atoms with Crippen LogP contribution in [0.2, 0.25) is 10.0 Å². The number of rotatable bonds is 6. The first-order valence-electron chi connectivity index (χ1n) is 16.3. The average molecular weight is 727 g/mol. The van der Waals surface area contributed by atoms with E-state index in [4.69, 9.17) is 37.7 Å². The molecule has 0 radical (unpaired) electrons. The Balaban J connectivity index is 1.65. The fourth-order valence-corrected chi connectivity index (χ4v) is 8.12. The monoisotopic (exact) mass is 725 g/mol. The van der Waals surface area contributed by atoms with Gasteiger partial charge < -0.3 is 18.9 Å². The number of hydrogen-bond acceptors (Lipinski definition) is 7. The standard InChI is InChI=1S/C36H38Cl2FN5O4S/c1-36(2,3)48-34(45)42-16-13-21(19-42)44-27(26-12-8-15-43(26)35(46)47-4)18-24-32(44)23-17-20(9-7-14-40)28(22-10-6-11-25(37)29(22)38)30(39)31(23)41-33(24)49-5/h6,10-11,17-18,21,26H,7-9,12-13,15-16,19H2,1-5H3. The number of ether oxygens (including phenoxy) is 2. The molecule has 2 aliphatic rings. The summed E-state index contributed by atoms with van der Waals surface area (Å²) >= 11 is 14.4. The van der Waals surface area contributed by atoms with Crippen molar-refractivity contribution in [2.45, 2.75) is 75.6 Å². The summed E-state index contributed by atoms with van der Waals surface area (Å²) in [4.78, 5) is 34.5. The molecule has 6 rings (SSSR count). The Hall–Kier alpha value is -3.72. The number of amides is 2. The Morgan fingerprint density at radius 1 is 1.14 bits per heavy atom. The van der Waals surface area contributed by atoms with E-state index < -0.39 is 23.6 Å². The quantitative estimate of drug-likeness (QED) is 0.183. The van der Waals surface area contributed by atoms with Gasteiger partial charge in [-0.2, -0.15) is 5.26 Å². The molecule has 13 heteroatoms. The number of nitriles is 1. The van der Waals surface area contributed by atoms with Crippen LogP contribution in [0.1, 0.15) is 69.8 Å². The van der Waals surface area contributed by atoms with Crippen LogP contribution in [0.25, 0.3) is 32.9 Å². The maximum Gasteiger partial charge on any atom is 0.410 e. The largest absolute Gasteiger partial charge is 0.453 e. The van der Waals surface area contributed by atoms with E-state index in [0.29, 0.717) is 59.0 Å². The van der Waals surface area contributed by atoms with Gasteiger partial charge in [-0.15, -0.1) is 11.8 Å². The third kappa shape index (κ3) is 6.51. The fourth-order valence-electron chi connectivity index (χ4n) is 7.16. The first-order chi connectivity index (χ1) is 23.4. The Morgan fingerprint density at radius 2 is 1.92 bits per heavy atom. The average Bonchev–Trinajstić information content (AvgIpc) is 3.82. The highest BCUT2D eigenvalue weighted by molar-refractivity contribution is 7.98. The van der Waals surface area contributed by atoms with Crippen molar-refractivity contribution in [3.8, 4) is 17.2 Å². The van der Waals surface area contributed by atoms with Crippen LogP contribution in [0.3, 0.4) is 0 Å². The molecule has 2 unspecified atom stereocenters. The van der Waals surface area contributed by atoms with E-state index in [1.807, 2.05) is 33.1 Å². The smallest absolute Gasteiger partial charge is 0.410 e. The van der Waals surface area contributed by atoms with Gasteiger partial charge in [0.1, 0.15) is 16.1 Å². The Morgan fingerprint density at radius 3 is 2.61 bits per heavy atom. The zero-order valence-electron chi connectivity index (χ0n) is 28.1. The van der Waals surface area contributed by atoms with Crippen molar-refractivity contribution < 1.29 is 23.5 Å². The van der Waals surface area contributed by atoms with E-state index in [2.05, 4.69) is 16.7 Å². The van der Waals surface area contributed by atoms with Crippen LogP contribution in [0.15, 0.2) is 35.4 Å². The maximum atomic E-state index is 17.1. The van der Waals surface area contributed by atoms with E-state index in [1.165, 1.54) is 18.9 Å². The van der Waals surface area contributed by atoms with Crippen LogP contribution in [0, 0.1) is 17.1 Å². The lowest BCUT2D eigenvalue weighted by molar-refractivity contribution is 0.0289. The van der Waals surface area contributed by atoms with Gasteiger partial charge in [0.05, 0.1) is 40.8 Å². The summed E-state index contributed by atoms with van der Waals surface area (Å²) in [5.41, 5.74) is 2.43. The minimum Gasteiger partial charge on any atom is -0.453 e. The molecular weight excluding hydrogens is 688 g/mol. The lowest BCUT2D eigenvalue weighted by atomic mass is 9.93. The maximum absolute atomic E-state index is 17.1. The van der Waals surface area contributed by atoms with Gasteiger partial charge in [0, 0.05) is 53.6 Å². The summed E-state index contributed by atoms with van der Waals surface area (Å²) in [5, 5.41) is 12.1. The van der Waals surface area contributed by atoms with E-state index >= 15 is 4.39 Å². The number of carbonyl (C=O) groups is 2. The van der Waals surface area contributed by atoms with E-state index in [9.17, 15) is 14.9 Å². The van der Waals surface area contributed by atoms with Crippen molar-refractivity contribution in [2.24, 2.45) is 0 Å². The zero-order chi connectivity index (χ0) is 35.2. The molecule has 4 aromatic rings. The molecule has 0 spiro atoms. The predicted molar refractivity (Wildman–Crippen MR) is 191 cm³/mol. The Labute approximate surface area is 299 Å². The van der Waals surface area contributed by atoms with Crippen molar-refractivity contribution in [3.63, 3.8) is 0 Å². The molecule has 2 atom stereocenters. The summed E-state index contributed by atoms with van der Waals surface area (Å²) in [6, 6.07) is 10.7. The molecule has 2 amide bonds. The van der Waals surface area contributed by atoms with Crippen molar-refractivity contribution in [1.29, 1.82) is 5.26 Å². The number of benzene rings is 2. The summed E-state index contributed by atoms with van der Waals surface area (Å²) < 4.78 is 30.2. The molecule has 2 saturated heterocycles. The van der Waals surface area contributed by atoms with E-state index in [1.54, 1.807) is 28.0 Å². The predicted octanol–water partition coefficient (Wildman–Crippen LogP) is 9.57. The lowest BCUT2D eigenvalue weighted by Gasteiger charge is -2.28. The van der Waals surface area contributed by atoms with Gasteiger partial charge in [-0.25, -0.2) is 19.0 Å². The van der Waals surface area contributed by atoms with Crippen molar-refractivity contribution >= 4 is 69.0 Å². The van der Waals surface area contributed by atoms with Crippen LogP contribution in [-0.2, 0) is 15.9 Å². The summed E-state index contributed by atoms with van der Waals surface area (Å²) in [6.45, 7) is 6.90. The number of fused-ring (bicyclic) bond motifs is 3.